The van der Waals surface area contributed by atoms with Crippen LogP contribution in [0.1, 0.15) is 27.0 Å². The lowest BCUT2D eigenvalue weighted by Gasteiger charge is -2.28. The average Bonchev–Trinajstić information content (AvgIpc) is 3.36. The van der Waals surface area contributed by atoms with Gasteiger partial charge in [0.1, 0.15) is 5.69 Å². The molecule has 0 unspecified atom stereocenters. The highest BCUT2D eigenvalue weighted by molar-refractivity contribution is 7.22. The van der Waals surface area contributed by atoms with Crippen LogP contribution in [0.15, 0.2) is 54.9 Å². The van der Waals surface area contributed by atoms with E-state index in [4.69, 9.17) is 9.72 Å². The van der Waals surface area contributed by atoms with Gasteiger partial charge in [0.15, 0.2) is 5.13 Å². The predicted molar refractivity (Wildman–Crippen MR) is 140 cm³/mol. The molecular formula is C26H25N5O4S. The summed E-state index contributed by atoms with van der Waals surface area (Å²) < 4.78 is 6.40. The van der Waals surface area contributed by atoms with Gasteiger partial charge in [-0.15, -0.1) is 0 Å². The fourth-order valence-electron chi connectivity index (χ4n) is 4.29. The first-order chi connectivity index (χ1) is 17.4. The predicted octanol–water partition coefficient (Wildman–Crippen LogP) is 4.90. The van der Waals surface area contributed by atoms with Crippen LogP contribution in [0, 0.1) is 24.0 Å². The number of fused-ring (bicyclic) bond motifs is 1. The molecule has 1 aliphatic rings. The van der Waals surface area contributed by atoms with Crippen molar-refractivity contribution in [2.45, 2.75) is 20.4 Å². The van der Waals surface area contributed by atoms with E-state index < -0.39 is 4.92 Å². The largest absolute Gasteiger partial charge is 0.378 e. The fourth-order valence-corrected chi connectivity index (χ4v) is 5.40. The van der Waals surface area contributed by atoms with E-state index in [-0.39, 0.29) is 23.7 Å². The first-order valence-electron chi connectivity index (χ1n) is 11.6. The Kier molecular flexibility index (Phi) is 6.62. The van der Waals surface area contributed by atoms with Gasteiger partial charge in [0, 0.05) is 37.1 Å². The van der Waals surface area contributed by atoms with Gasteiger partial charge in [-0.1, -0.05) is 29.5 Å². The van der Waals surface area contributed by atoms with Crippen LogP contribution in [0.3, 0.4) is 0 Å². The Morgan fingerprint density at radius 3 is 2.64 bits per heavy atom. The number of morpholine rings is 1. The van der Waals surface area contributed by atoms with Crippen molar-refractivity contribution < 1.29 is 14.5 Å². The molecule has 5 rings (SSSR count). The van der Waals surface area contributed by atoms with E-state index in [1.54, 1.807) is 29.4 Å². The highest BCUT2D eigenvalue weighted by atomic mass is 32.1. The second-order valence-electron chi connectivity index (χ2n) is 8.69. The van der Waals surface area contributed by atoms with Gasteiger partial charge in [0.05, 0.1) is 34.9 Å². The molecule has 0 bridgehead atoms. The van der Waals surface area contributed by atoms with Crippen LogP contribution in [0.5, 0.6) is 0 Å². The molecule has 2 aromatic heterocycles. The zero-order valence-electron chi connectivity index (χ0n) is 20.0. The molecule has 9 nitrogen and oxygen atoms in total. The number of benzene rings is 2. The van der Waals surface area contributed by atoms with Crippen LogP contribution in [0.25, 0.3) is 10.2 Å². The Morgan fingerprint density at radius 2 is 1.94 bits per heavy atom. The molecule has 4 aromatic rings. The van der Waals surface area contributed by atoms with Crippen molar-refractivity contribution in [1.82, 2.24) is 9.97 Å². The number of aryl methyl sites for hydroxylation is 2. The Bertz CT molecular complexity index is 1390. The van der Waals surface area contributed by atoms with Crippen LogP contribution in [0.4, 0.5) is 16.5 Å². The molecule has 2 aromatic carbocycles. The quantitative estimate of drug-likeness (QED) is 0.272. The summed E-state index contributed by atoms with van der Waals surface area (Å²) in [6, 6.07) is 12.4. The van der Waals surface area contributed by atoms with Crippen LogP contribution < -0.4 is 9.80 Å². The second-order valence-corrected chi connectivity index (χ2v) is 9.66. The molecule has 3 heterocycles. The van der Waals surface area contributed by atoms with E-state index in [2.05, 4.69) is 4.98 Å². The maximum absolute atomic E-state index is 13.9. The lowest BCUT2D eigenvalue weighted by atomic mass is 10.1. The number of nitrogens with zero attached hydrogens (tertiary/aromatic N) is 5. The number of carbonyl (C=O) groups excluding carboxylic acids is 1. The third-order valence-electron chi connectivity index (χ3n) is 6.24. The molecule has 1 amide bonds. The first kappa shape index (κ1) is 23.8. The molecule has 0 N–H and O–H groups in total. The Morgan fingerprint density at radius 1 is 1.17 bits per heavy atom. The van der Waals surface area contributed by atoms with E-state index in [0.29, 0.717) is 37.1 Å². The molecule has 0 aliphatic carbocycles. The number of nitro groups is 1. The summed E-state index contributed by atoms with van der Waals surface area (Å²) >= 11 is 1.44. The third-order valence-corrected chi connectivity index (χ3v) is 7.45. The number of amides is 1. The number of carbonyl (C=O) groups is 1. The summed E-state index contributed by atoms with van der Waals surface area (Å²) in [5.41, 5.74) is 4.42. The summed E-state index contributed by atoms with van der Waals surface area (Å²) in [6.07, 6.45) is 3.38. The monoisotopic (exact) mass is 503 g/mol. The molecule has 0 saturated carbocycles. The number of hydrogen-bond donors (Lipinski definition) is 0. The zero-order chi connectivity index (χ0) is 25.2. The van der Waals surface area contributed by atoms with Gasteiger partial charge in [-0.2, -0.15) is 0 Å². The topological polar surface area (TPSA) is 102 Å². The molecule has 184 valence electrons. The smallest absolute Gasteiger partial charge is 0.293 e. The first-order valence-corrected chi connectivity index (χ1v) is 12.4. The van der Waals surface area contributed by atoms with Gasteiger partial charge in [-0.25, -0.2) is 4.98 Å². The van der Waals surface area contributed by atoms with Gasteiger partial charge >= 0.3 is 0 Å². The minimum absolute atomic E-state index is 0.0972. The van der Waals surface area contributed by atoms with Crippen molar-refractivity contribution in [3.63, 3.8) is 0 Å². The lowest BCUT2D eigenvalue weighted by molar-refractivity contribution is -0.384. The summed E-state index contributed by atoms with van der Waals surface area (Å²) in [7, 11) is 0. The standard InChI is InChI=1S/C26H25N5O4S/c1-17-5-6-18(2)24-23(17)28-26(36-24)30(16-19-4-3-9-27-15-19)25(32)20-7-8-21(22(14-20)31(33)34)29-10-12-35-13-11-29/h3-9,14-15H,10-13,16H2,1-2H3. The number of rotatable bonds is 6. The molecule has 36 heavy (non-hydrogen) atoms. The van der Waals surface area contributed by atoms with Crippen LogP contribution in [-0.4, -0.2) is 47.1 Å². The number of anilines is 2. The Balaban J connectivity index is 1.57. The summed E-state index contributed by atoms with van der Waals surface area (Å²) in [5.74, 6) is -0.357. The van der Waals surface area contributed by atoms with Crippen molar-refractivity contribution >= 4 is 44.0 Å². The van der Waals surface area contributed by atoms with Gasteiger partial charge < -0.3 is 9.64 Å². The summed E-state index contributed by atoms with van der Waals surface area (Å²) in [4.78, 5) is 37.9. The third kappa shape index (κ3) is 4.65. The maximum Gasteiger partial charge on any atom is 0.293 e. The van der Waals surface area contributed by atoms with Gasteiger partial charge in [0.25, 0.3) is 11.6 Å². The van der Waals surface area contributed by atoms with Crippen LogP contribution in [0.2, 0.25) is 0 Å². The molecule has 0 spiro atoms. The minimum Gasteiger partial charge on any atom is -0.378 e. The average molecular weight is 504 g/mol. The Hall–Kier alpha value is -3.89. The van der Waals surface area contributed by atoms with Crippen molar-refractivity contribution in [3.05, 3.63) is 87.2 Å². The van der Waals surface area contributed by atoms with Crippen LogP contribution in [-0.2, 0) is 11.3 Å². The minimum atomic E-state index is -0.433. The number of pyridine rings is 1. The van der Waals surface area contributed by atoms with Crippen molar-refractivity contribution in [2.75, 3.05) is 36.1 Å². The number of ether oxygens (including phenoxy) is 1. The normalized spacial score (nSPS) is 13.7. The lowest BCUT2D eigenvalue weighted by Crippen LogP contribution is -2.36. The van der Waals surface area contributed by atoms with Crippen molar-refractivity contribution in [1.29, 1.82) is 0 Å². The van der Waals surface area contributed by atoms with E-state index in [0.717, 1.165) is 26.9 Å². The van der Waals surface area contributed by atoms with E-state index in [1.165, 1.54) is 17.4 Å². The van der Waals surface area contributed by atoms with E-state index in [9.17, 15) is 14.9 Å². The number of thiazole rings is 1. The van der Waals surface area contributed by atoms with Gasteiger partial charge in [0.2, 0.25) is 0 Å². The number of nitro benzene ring substituents is 1. The summed E-state index contributed by atoms with van der Waals surface area (Å²) in [6.45, 7) is 6.39. The second kappa shape index (κ2) is 10.00. The van der Waals surface area contributed by atoms with Crippen molar-refractivity contribution in [2.24, 2.45) is 0 Å². The molecule has 1 saturated heterocycles. The van der Waals surface area contributed by atoms with Crippen molar-refractivity contribution in [3.8, 4) is 0 Å². The SMILES string of the molecule is Cc1ccc(C)c2sc(N(Cc3cccnc3)C(=O)c3ccc(N4CCOCC4)c([N+](=O)[O-])c3)nc12. The molecule has 10 heteroatoms. The fraction of sp³-hybridized carbons (Fsp3) is 0.269. The van der Waals surface area contributed by atoms with Crippen LogP contribution >= 0.6 is 11.3 Å². The van der Waals surface area contributed by atoms with Gasteiger partial charge in [-0.05, 0) is 48.7 Å². The Labute approximate surface area is 212 Å². The van der Waals surface area contributed by atoms with E-state index in [1.807, 2.05) is 43.0 Å². The molecule has 0 atom stereocenters. The zero-order valence-corrected chi connectivity index (χ0v) is 20.8. The molecular weight excluding hydrogens is 478 g/mol. The van der Waals surface area contributed by atoms with Gasteiger partial charge in [-0.3, -0.25) is 24.8 Å². The molecule has 0 radical (unpaired) electrons. The molecule has 1 fully saturated rings. The number of aromatic nitrogens is 2. The maximum atomic E-state index is 13.9. The summed E-state index contributed by atoms with van der Waals surface area (Å²) in [5, 5.41) is 12.5. The van der Waals surface area contributed by atoms with E-state index >= 15 is 0 Å². The highest BCUT2D eigenvalue weighted by Crippen LogP contribution is 2.36. The highest BCUT2D eigenvalue weighted by Gasteiger charge is 2.27. The molecule has 1 aliphatic heterocycles. The number of hydrogen-bond acceptors (Lipinski definition) is 8.